The van der Waals surface area contributed by atoms with E-state index < -0.39 is 11.7 Å². The predicted molar refractivity (Wildman–Crippen MR) is 129 cm³/mol. The van der Waals surface area contributed by atoms with Crippen LogP contribution in [0.5, 0.6) is 0 Å². The summed E-state index contributed by atoms with van der Waals surface area (Å²) in [4.78, 5) is 26.8. The van der Waals surface area contributed by atoms with Gasteiger partial charge in [0.2, 0.25) is 0 Å². The van der Waals surface area contributed by atoms with Crippen molar-refractivity contribution in [2.75, 3.05) is 18.2 Å². The third kappa shape index (κ3) is 9.19. The normalized spacial score (nSPS) is 15.2. The highest BCUT2D eigenvalue weighted by Crippen LogP contribution is 2.24. The molecule has 1 saturated heterocycles. The fourth-order valence-corrected chi connectivity index (χ4v) is 2.95. The van der Waals surface area contributed by atoms with Crippen molar-refractivity contribution < 1.29 is 14.3 Å². The van der Waals surface area contributed by atoms with E-state index in [0.29, 0.717) is 24.3 Å². The van der Waals surface area contributed by atoms with Crippen molar-refractivity contribution in [2.45, 2.75) is 73.0 Å². The molecular weight excluding hydrogens is 394 g/mol. The maximum absolute atomic E-state index is 13.0. The number of amides is 2. The molecule has 1 aromatic rings. The number of piperidine rings is 1. The van der Waals surface area contributed by atoms with E-state index in [4.69, 9.17) is 4.74 Å². The molecule has 0 spiro atoms. The summed E-state index contributed by atoms with van der Waals surface area (Å²) in [6.45, 7) is 21.4. The summed E-state index contributed by atoms with van der Waals surface area (Å²) in [6, 6.07) is 6.86. The molecule has 174 valence electrons. The van der Waals surface area contributed by atoms with Gasteiger partial charge in [0.1, 0.15) is 5.60 Å². The van der Waals surface area contributed by atoms with E-state index in [1.165, 1.54) is 5.12 Å². The Bertz CT molecular complexity index is 707. The zero-order chi connectivity index (χ0) is 24.0. The molecule has 1 aliphatic heterocycles. The van der Waals surface area contributed by atoms with Crippen molar-refractivity contribution >= 4 is 31.1 Å². The second-order valence-corrected chi connectivity index (χ2v) is 7.33. The molecule has 8 nitrogen and oxygen atoms in total. The van der Waals surface area contributed by atoms with E-state index >= 15 is 0 Å². The van der Waals surface area contributed by atoms with Crippen molar-refractivity contribution in [3.63, 3.8) is 0 Å². The van der Waals surface area contributed by atoms with Gasteiger partial charge in [-0.2, -0.15) is 15.3 Å². The first-order chi connectivity index (χ1) is 14.7. The largest absolute Gasteiger partial charge is 0.444 e. The Hall–Kier alpha value is -2.90. The van der Waals surface area contributed by atoms with E-state index in [-0.39, 0.29) is 11.9 Å². The van der Waals surface area contributed by atoms with Gasteiger partial charge >= 0.3 is 6.09 Å². The first-order valence-corrected chi connectivity index (χ1v) is 10.9. The van der Waals surface area contributed by atoms with Crippen LogP contribution in [0.4, 0.5) is 10.5 Å². The van der Waals surface area contributed by atoms with Crippen molar-refractivity contribution in [3.05, 3.63) is 29.8 Å². The van der Waals surface area contributed by atoms with Gasteiger partial charge in [-0.1, -0.05) is 39.8 Å². The van der Waals surface area contributed by atoms with Crippen LogP contribution in [-0.2, 0) is 4.74 Å². The van der Waals surface area contributed by atoms with Crippen LogP contribution in [-0.4, -0.2) is 55.1 Å². The van der Waals surface area contributed by atoms with Crippen LogP contribution in [0, 0.1) is 0 Å². The molecule has 1 heterocycles. The molecule has 0 aromatic heterocycles. The number of rotatable bonds is 5. The van der Waals surface area contributed by atoms with Gasteiger partial charge in [0.15, 0.2) is 0 Å². The number of nitrogens with zero attached hydrogens (tertiary/aromatic N) is 4. The number of hydrogen-bond acceptors (Lipinski definition) is 6. The predicted octanol–water partition coefficient (Wildman–Crippen LogP) is 4.91. The number of para-hydroxylation sites is 1. The minimum absolute atomic E-state index is 0.154. The Kier molecular flexibility index (Phi) is 12.8. The Balaban J connectivity index is 0.00000212. The highest BCUT2D eigenvalue weighted by Gasteiger charge is 2.28. The van der Waals surface area contributed by atoms with Crippen LogP contribution in [0.1, 0.15) is 71.7 Å². The molecule has 0 aliphatic carbocycles. The summed E-state index contributed by atoms with van der Waals surface area (Å²) in [7, 11) is 0. The molecule has 1 atom stereocenters. The molecule has 0 bridgehead atoms. The second kappa shape index (κ2) is 14.2. The number of hydrazone groups is 2. The zero-order valence-corrected chi connectivity index (χ0v) is 20.1. The Morgan fingerprint density at radius 2 is 1.71 bits per heavy atom. The molecule has 1 N–H and O–H groups in total. The number of carbonyl (C=O) groups is 2. The average Bonchev–Trinajstić information content (AvgIpc) is 2.76. The summed E-state index contributed by atoms with van der Waals surface area (Å²) < 4.78 is 5.30. The highest BCUT2D eigenvalue weighted by molar-refractivity contribution is 6.00. The fourth-order valence-electron chi connectivity index (χ4n) is 2.95. The summed E-state index contributed by atoms with van der Waals surface area (Å²) in [5, 5.41) is 11.6. The minimum Gasteiger partial charge on any atom is -0.444 e. The number of ether oxygens (including phenoxy) is 1. The Labute approximate surface area is 187 Å². The summed E-state index contributed by atoms with van der Waals surface area (Å²) in [6.07, 6.45) is 1.11. The lowest BCUT2D eigenvalue weighted by Gasteiger charge is -2.34. The monoisotopic (exact) mass is 433 g/mol. The molecule has 0 unspecified atom stereocenters. The molecule has 2 amide bonds. The van der Waals surface area contributed by atoms with Crippen molar-refractivity contribution in [3.8, 4) is 0 Å². The number of likely N-dealkylation sites (tertiary alicyclic amines) is 1. The summed E-state index contributed by atoms with van der Waals surface area (Å²) in [5.41, 5.74) is 0.399. The lowest BCUT2D eigenvalue weighted by atomic mass is 10.0. The van der Waals surface area contributed by atoms with Gasteiger partial charge < -0.3 is 15.0 Å². The van der Waals surface area contributed by atoms with Gasteiger partial charge in [-0.15, -0.1) is 0 Å². The van der Waals surface area contributed by atoms with Gasteiger partial charge in [-0.25, -0.2) is 4.79 Å². The number of alkyl carbamates (subject to hydrolysis) is 1. The summed E-state index contributed by atoms with van der Waals surface area (Å²) >= 11 is 0. The molecule has 31 heavy (non-hydrogen) atoms. The molecule has 1 fully saturated rings. The topological polar surface area (TPSA) is 86.6 Å². The SMILES string of the molecule is C=NN(N=C)c1ccccc1C(=O)N1CCC[C@@H](NC(=O)OC(C)(C)C)C1.CC.CC. The smallest absolute Gasteiger partial charge is 0.407 e. The van der Waals surface area contributed by atoms with E-state index in [9.17, 15) is 9.59 Å². The molecule has 8 heteroatoms. The quantitative estimate of drug-likeness (QED) is 0.528. The van der Waals surface area contributed by atoms with Crippen LogP contribution in [0.2, 0.25) is 0 Å². The second-order valence-electron chi connectivity index (χ2n) is 7.33. The number of benzene rings is 1. The van der Waals surface area contributed by atoms with Gasteiger partial charge in [0.05, 0.1) is 11.3 Å². The average molecular weight is 434 g/mol. The van der Waals surface area contributed by atoms with Crippen LogP contribution in [0.3, 0.4) is 0 Å². The van der Waals surface area contributed by atoms with Crippen LogP contribution >= 0.6 is 0 Å². The third-order valence-electron chi connectivity index (χ3n) is 4.05. The van der Waals surface area contributed by atoms with Crippen molar-refractivity contribution in [1.82, 2.24) is 10.2 Å². The molecule has 0 radical (unpaired) electrons. The first kappa shape index (κ1) is 28.1. The molecule has 1 aliphatic rings. The minimum atomic E-state index is -0.563. The number of carbonyl (C=O) groups excluding carboxylic acids is 2. The molecule has 0 saturated carbocycles. The van der Waals surface area contributed by atoms with E-state index in [2.05, 4.69) is 29.0 Å². The van der Waals surface area contributed by atoms with Crippen molar-refractivity contribution in [1.29, 1.82) is 0 Å². The number of nitrogens with one attached hydrogen (secondary N) is 1. The third-order valence-corrected chi connectivity index (χ3v) is 4.05. The lowest BCUT2D eigenvalue weighted by Crippen LogP contribution is -2.50. The Morgan fingerprint density at radius 3 is 2.26 bits per heavy atom. The fraction of sp³-hybridized carbons (Fsp3) is 0.565. The Morgan fingerprint density at radius 1 is 1.13 bits per heavy atom. The molecular formula is C23H39N5O3. The van der Waals surface area contributed by atoms with Crippen LogP contribution in [0.25, 0.3) is 0 Å². The van der Waals surface area contributed by atoms with Gasteiger partial charge in [-0.3, -0.25) is 4.79 Å². The van der Waals surface area contributed by atoms with Crippen LogP contribution < -0.4 is 10.4 Å². The van der Waals surface area contributed by atoms with Crippen molar-refractivity contribution in [2.24, 2.45) is 10.2 Å². The lowest BCUT2D eigenvalue weighted by molar-refractivity contribution is 0.0452. The van der Waals surface area contributed by atoms with Gasteiger partial charge in [-0.05, 0) is 45.7 Å². The maximum atomic E-state index is 13.0. The van der Waals surface area contributed by atoms with E-state index in [1.807, 2.05) is 48.5 Å². The standard InChI is InChI=1S/C19H27N5O3.2C2H6/c1-19(2,3)27-18(26)22-14-9-8-12-23(13-14)17(25)15-10-6-7-11-16(15)24(20-4)21-5;2*1-2/h6-7,10-11,14H,4-5,8-9,12-13H2,1-3H3,(H,22,26);2*1-2H3/t14-;;/m1../s1. The molecule has 1 aromatic carbocycles. The van der Waals surface area contributed by atoms with E-state index in [0.717, 1.165) is 12.8 Å². The number of anilines is 1. The van der Waals surface area contributed by atoms with Crippen LogP contribution in [0.15, 0.2) is 34.5 Å². The summed E-state index contributed by atoms with van der Waals surface area (Å²) in [5.74, 6) is -0.154. The zero-order valence-electron chi connectivity index (χ0n) is 20.1. The van der Waals surface area contributed by atoms with Gasteiger partial charge in [0, 0.05) is 32.6 Å². The first-order valence-electron chi connectivity index (χ1n) is 10.9. The molecule has 2 rings (SSSR count). The van der Waals surface area contributed by atoms with E-state index in [1.54, 1.807) is 29.2 Å². The maximum Gasteiger partial charge on any atom is 0.407 e. The number of hydrogen-bond donors (Lipinski definition) is 1. The highest BCUT2D eigenvalue weighted by atomic mass is 16.6. The van der Waals surface area contributed by atoms with Gasteiger partial charge in [0.25, 0.3) is 5.91 Å².